The molecule has 0 saturated carbocycles. The van der Waals surface area contributed by atoms with Crippen molar-refractivity contribution in [2.75, 3.05) is 42.1 Å². The molecule has 2 aromatic carbocycles. The third-order valence-corrected chi connectivity index (χ3v) is 7.54. The van der Waals surface area contributed by atoms with Crippen LogP contribution in [-0.2, 0) is 0 Å². The molecule has 2 unspecified atom stereocenters. The number of alkyl halides is 3. The van der Waals surface area contributed by atoms with Crippen molar-refractivity contribution < 1.29 is 22.3 Å². The van der Waals surface area contributed by atoms with Crippen molar-refractivity contribution in [1.82, 2.24) is 14.9 Å². The summed E-state index contributed by atoms with van der Waals surface area (Å²) < 4.78 is 47.1. The van der Waals surface area contributed by atoms with Crippen LogP contribution in [0.2, 0.25) is 0 Å². The Kier molecular flexibility index (Phi) is 9.54. The zero-order valence-electron chi connectivity index (χ0n) is 24.6. The number of hydrogen-bond donors (Lipinski definition) is 5. The van der Waals surface area contributed by atoms with Gasteiger partial charge in [-0.25, -0.2) is 4.98 Å². The van der Waals surface area contributed by atoms with E-state index in [0.29, 0.717) is 29.5 Å². The van der Waals surface area contributed by atoms with Crippen LogP contribution in [0.4, 0.5) is 30.6 Å². The normalized spacial score (nSPS) is 17.1. The minimum Gasteiger partial charge on any atom is -0.457 e. The number of nitrogen functional groups attached to an aromatic ring is 1. The Morgan fingerprint density at radius 2 is 1.91 bits per heavy atom. The number of halogens is 3. The van der Waals surface area contributed by atoms with E-state index < -0.39 is 6.36 Å². The molecule has 4 aromatic rings. The first-order valence-corrected chi connectivity index (χ1v) is 14.7. The lowest BCUT2D eigenvalue weighted by Crippen LogP contribution is -2.24. The van der Waals surface area contributed by atoms with Gasteiger partial charge in [-0.2, -0.15) is 4.98 Å². The molecule has 1 aliphatic rings. The van der Waals surface area contributed by atoms with Gasteiger partial charge in [0, 0.05) is 48.0 Å². The molecule has 45 heavy (non-hydrogen) atoms. The first-order valence-electron chi connectivity index (χ1n) is 14.3. The van der Waals surface area contributed by atoms with Gasteiger partial charge in [0.1, 0.15) is 28.7 Å². The number of amidine groups is 1. The van der Waals surface area contributed by atoms with Crippen LogP contribution in [0.25, 0.3) is 17.0 Å². The lowest BCUT2D eigenvalue weighted by molar-refractivity contribution is -0.274. The van der Waals surface area contributed by atoms with Crippen molar-refractivity contribution in [1.29, 1.82) is 5.41 Å². The predicted molar refractivity (Wildman–Crippen MR) is 174 cm³/mol. The number of ether oxygens (including phenoxy) is 1. The minimum atomic E-state index is -4.76. The molecule has 2 aromatic heterocycles. The summed E-state index contributed by atoms with van der Waals surface area (Å²) in [4.78, 5) is 11.4. The average molecular weight is 639 g/mol. The van der Waals surface area contributed by atoms with Gasteiger partial charge in [0.15, 0.2) is 5.11 Å². The molecule has 0 bridgehead atoms. The highest BCUT2D eigenvalue weighted by molar-refractivity contribution is 7.80. The number of fused-ring (bicyclic) bond motifs is 1. The van der Waals surface area contributed by atoms with Crippen molar-refractivity contribution in [3.05, 3.63) is 77.7 Å². The third-order valence-electron chi connectivity index (χ3n) is 7.34. The highest BCUT2D eigenvalue weighted by Gasteiger charge is 2.31. The number of benzene rings is 2. The second-order valence-corrected chi connectivity index (χ2v) is 11.1. The van der Waals surface area contributed by atoms with E-state index in [4.69, 9.17) is 27.8 Å². The smallest absolute Gasteiger partial charge is 0.457 e. The molecule has 5 rings (SSSR count). The summed E-state index contributed by atoms with van der Waals surface area (Å²) in [5.41, 5.74) is 8.22. The van der Waals surface area contributed by atoms with Gasteiger partial charge in [0.2, 0.25) is 5.95 Å². The molecule has 1 saturated heterocycles. The number of nitrogens with zero attached hydrogens (tertiary/aromatic N) is 3. The number of anilines is 3. The van der Waals surface area contributed by atoms with Gasteiger partial charge in [-0.1, -0.05) is 13.0 Å². The fourth-order valence-electron chi connectivity index (χ4n) is 5.17. The summed E-state index contributed by atoms with van der Waals surface area (Å²) in [6.07, 6.45) is -0.564. The second-order valence-electron chi connectivity index (χ2n) is 10.7. The number of furan rings is 1. The van der Waals surface area contributed by atoms with Gasteiger partial charge >= 0.3 is 6.36 Å². The second kappa shape index (κ2) is 13.5. The molecular formula is C31H33F3N8O2S. The van der Waals surface area contributed by atoms with E-state index in [1.165, 1.54) is 24.3 Å². The van der Waals surface area contributed by atoms with Crippen molar-refractivity contribution in [3.63, 3.8) is 0 Å². The molecule has 236 valence electrons. The van der Waals surface area contributed by atoms with Crippen LogP contribution in [0, 0.1) is 24.2 Å². The van der Waals surface area contributed by atoms with Crippen molar-refractivity contribution in [3.8, 4) is 5.75 Å². The maximum absolute atomic E-state index is 12.4. The highest BCUT2D eigenvalue weighted by Crippen LogP contribution is 2.28. The molecule has 0 amide bonds. The maximum Gasteiger partial charge on any atom is 0.573 e. The molecule has 0 radical (unpaired) electrons. The van der Waals surface area contributed by atoms with Crippen LogP contribution in [0.3, 0.4) is 0 Å². The zero-order valence-corrected chi connectivity index (χ0v) is 25.4. The van der Waals surface area contributed by atoms with Gasteiger partial charge in [-0.15, -0.1) is 13.2 Å². The lowest BCUT2D eigenvalue weighted by Gasteiger charge is -2.17. The first kappa shape index (κ1) is 31.7. The van der Waals surface area contributed by atoms with Crippen LogP contribution >= 0.6 is 12.2 Å². The summed E-state index contributed by atoms with van der Waals surface area (Å²) in [6, 6.07) is 14.5. The number of hydrogen-bond acceptors (Lipinski definition) is 8. The van der Waals surface area contributed by atoms with Crippen molar-refractivity contribution in [2.45, 2.75) is 20.2 Å². The standard InChI is InChI=1S/C31H33F3N8O2S/c1-3-42-16-20(4-8-25-14-21-13-19(28(35)36)5-11-26(21)43-25)22(17-42)15-37-27-12-18(2)38-29(40-27)41-30(45)39-23-6-9-24(10-7-23)44-31(32,33)34/h4-14,20,22H,3,15-17H2,1-2H3,(H3,35,36)(H3,37,38,39,40,41,45)/b8-4+. The van der Waals surface area contributed by atoms with Crippen LogP contribution in [0.5, 0.6) is 5.75 Å². The summed E-state index contributed by atoms with van der Waals surface area (Å²) in [7, 11) is 0. The summed E-state index contributed by atoms with van der Waals surface area (Å²) in [5.74, 6) is 1.94. The topological polar surface area (TPSA) is 137 Å². The van der Waals surface area contributed by atoms with E-state index >= 15 is 0 Å². The summed E-state index contributed by atoms with van der Waals surface area (Å²) >= 11 is 5.36. The van der Waals surface area contributed by atoms with Crippen LogP contribution in [-0.4, -0.2) is 58.4 Å². The molecule has 3 heterocycles. The molecule has 0 aliphatic carbocycles. The Bertz CT molecular complexity index is 1710. The molecule has 1 fully saturated rings. The van der Waals surface area contributed by atoms with E-state index in [-0.39, 0.29) is 28.6 Å². The molecule has 14 heteroatoms. The van der Waals surface area contributed by atoms with Crippen LogP contribution in [0.15, 0.2) is 65.1 Å². The van der Waals surface area contributed by atoms with Crippen molar-refractivity contribution >= 4 is 57.7 Å². The van der Waals surface area contributed by atoms with Gasteiger partial charge < -0.3 is 35.7 Å². The Morgan fingerprint density at radius 3 is 2.62 bits per heavy atom. The SMILES string of the molecule is CCN1CC(/C=C/c2cc3cc(C(=N)N)ccc3o2)C(CNc2cc(C)nc(NC(=S)Nc3ccc(OC(F)(F)F)cc3)n2)C1. The van der Waals surface area contributed by atoms with Gasteiger partial charge in [-0.3, -0.25) is 5.41 Å². The number of nitrogens with two attached hydrogens (primary N) is 1. The Balaban J connectivity index is 1.20. The number of nitrogens with one attached hydrogen (secondary N) is 4. The number of likely N-dealkylation sites (tertiary alicyclic amines) is 1. The largest absolute Gasteiger partial charge is 0.573 e. The molecular weight excluding hydrogens is 605 g/mol. The summed E-state index contributed by atoms with van der Waals surface area (Å²) in [6.45, 7) is 7.47. The van der Waals surface area contributed by atoms with Crippen LogP contribution < -0.4 is 26.4 Å². The quantitative estimate of drug-likeness (QED) is 0.0774. The Labute approximate surface area is 263 Å². The van der Waals surface area contributed by atoms with Gasteiger partial charge in [0.05, 0.1) is 0 Å². The number of thiocarbonyl (C=S) groups is 1. The Morgan fingerprint density at radius 1 is 1.13 bits per heavy atom. The highest BCUT2D eigenvalue weighted by atomic mass is 32.1. The molecule has 1 aliphatic heterocycles. The average Bonchev–Trinajstić information content (AvgIpc) is 3.57. The van der Waals surface area contributed by atoms with Gasteiger partial charge in [0.25, 0.3) is 0 Å². The van der Waals surface area contributed by atoms with E-state index in [9.17, 15) is 13.2 Å². The van der Waals surface area contributed by atoms with Crippen LogP contribution in [0.1, 0.15) is 23.9 Å². The number of aromatic nitrogens is 2. The fraction of sp³-hybridized carbons (Fsp3) is 0.290. The fourth-order valence-corrected chi connectivity index (χ4v) is 5.38. The molecule has 10 nitrogen and oxygen atoms in total. The van der Waals surface area contributed by atoms with E-state index in [0.717, 1.165) is 42.1 Å². The zero-order chi connectivity index (χ0) is 32.1. The Hall–Kier alpha value is -4.69. The number of rotatable bonds is 10. The minimum absolute atomic E-state index is 0.0180. The monoisotopic (exact) mass is 638 g/mol. The maximum atomic E-state index is 12.4. The summed E-state index contributed by atoms with van der Waals surface area (Å²) in [5, 5.41) is 18.0. The lowest BCUT2D eigenvalue weighted by atomic mass is 9.95. The molecule has 6 N–H and O–H groups in total. The molecule has 2 atom stereocenters. The van der Waals surface area contributed by atoms with Crippen molar-refractivity contribution in [2.24, 2.45) is 17.6 Å². The third kappa shape index (κ3) is 8.70. The molecule has 0 spiro atoms. The van der Waals surface area contributed by atoms with Gasteiger partial charge in [-0.05, 0) is 92.1 Å². The van der Waals surface area contributed by atoms with E-state index in [2.05, 4.69) is 48.6 Å². The first-order chi connectivity index (χ1) is 21.4. The number of aryl methyl sites for hydroxylation is 1. The van der Waals surface area contributed by atoms with E-state index in [1.54, 1.807) is 6.07 Å². The predicted octanol–water partition coefficient (Wildman–Crippen LogP) is 6.22. The van der Waals surface area contributed by atoms with E-state index in [1.807, 2.05) is 37.3 Å².